The first kappa shape index (κ1) is 16.5. The van der Waals surface area contributed by atoms with E-state index in [4.69, 9.17) is 8.83 Å². The van der Waals surface area contributed by atoms with Gasteiger partial charge in [0.05, 0.1) is 0 Å². The summed E-state index contributed by atoms with van der Waals surface area (Å²) in [6.45, 7) is 6.57. The molecule has 1 aliphatic carbocycles. The van der Waals surface area contributed by atoms with Crippen molar-refractivity contribution in [2.24, 2.45) is 5.92 Å². The van der Waals surface area contributed by atoms with E-state index in [1.165, 1.54) is 0 Å². The number of hydrogen-bond donors (Lipinski definition) is 0. The highest BCUT2D eigenvalue weighted by atomic mass is 16.4. The quantitative estimate of drug-likeness (QED) is 0.701. The number of likely N-dealkylation sites (tertiary alicyclic amines) is 1. The molecule has 0 unspecified atom stereocenters. The van der Waals surface area contributed by atoms with E-state index in [1.807, 2.05) is 30.9 Å². The van der Waals surface area contributed by atoms with Gasteiger partial charge in [0, 0.05) is 24.9 Å². The number of rotatable bonds is 3. The molecule has 7 heteroatoms. The van der Waals surface area contributed by atoms with E-state index in [-0.39, 0.29) is 11.8 Å². The third-order valence-corrected chi connectivity index (χ3v) is 6.02. The first-order valence-corrected chi connectivity index (χ1v) is 9.52. The Hall–Kier alpha value is -2.70. The lowest BCUT2D eigenvalue weighted by Gasteiger charge is -2.47. The Labute approximate surface area is 156 Å². The number of carbonyl (C=O) groups is 1. The second kappa shape index (κ2) is 5.65. The SMILES string of the molecule is Cc1nc2cc(C(=O)N3CC[C@@H]4CC[C@@]43c3nnc(C(C)C)o3)ccc2o1. The molecule has 1 aromatic carbocycles. The van der Waals surface area contributed by atoms with Crippen LogP contribution in [-0.2, 0) is 5.54 Å². The summed E-state index contributed by atoms with van der Waals surface area (Å²) in [7, 11) is 0. The van der Waals surface area contributed by atoms with Crippen molar-refractivity contribution >= 4 is 17.0 Å². The highest BCUT2D eigenvalue weighted by Gasteiger charge is 2.61. The Kier molecular flexibility index (Phi) is 3.44. The zero-order chi connectivity index (χ0) is 18.8. The van der Waals surface area contributed by atoms with Crippen molar-refractivity contribution in [3.8, 4) is 0 Å². The predicted molar refractivity (Wildman–Crippen MR) is 97.2 cm³/mol. The van der Waals surface area contributed by atoms with E-state index < -0.39 is 5.54 Å². The molecule has 0 spiro atoms. The van der Waals surface area contributed by atoms with Crippen molar-refractivity contribution in [1.82, 2.24) is 20.1 Å². The molecule has 2 aliphatic rings. The third-order valence-electron chi connectivity index (χ3n) is 6.02. The summed E-state index contributed by atoms with van der Waals surface area (Å²) in [6, 6.07) is 5.43. The topological polar surface area (TPSA) is 85.3 Å². The minimum absolute atomic E-state index is 0.0101. The van der Waals surface area contributed by atoms with Gasteiger partial charge in [-0.2, -0.15) is 0 Å². The first-order valence-electron chi connectivity index (χ1n) is 9.52. The van der Waals surface area contributed by atoms with Gasteiger partial charge in [-0.05, 0) is 43.4 Å². The summed E-state index contributed by atoms with van der Waals surface area (Å²) >= 11 is 0. The Morgan fingerprint density at radius 3 is 2.81 bits per heavy atom. The van der Waals surface area contributed by atoms with Crippen LogP contribution >= 0.6 is 0 Å². The van der Waals surface area contributed by atoms with E-state index in [2.05, 4.69) is 15.2 Å². The third kappa shape index (κ3) is 2.27. The Morgan fingerprint density at radius 1 is 1.26 bits per heavy atom. The van der Waals surface area contributed by atoms with Gasteiger partial charge in [0.25, 0.3) is 5.91 Å². The van der Waals surface area contributed by atoms with Crippen molar-refractivity contribution in [2.75, 3.05) is 6.54 Å². The molecule has 1 saturated heterocycles. The summed E-state index contributed by atoms with van der Waals surface area (Å²) in [5, 5.41) is 8.54. The van der Waals surface area contributed by atoms with Gasteiger partial charge in [0.2, 0.25) is 11.8 Å². The van der Waals surface area contributed by atoms with Crippen LogP contribution in [0.2, 0.25) is 0 Å². The molecule has 3 heterocycles. The van der Waals surface area contributed by atoms with Gasteiger partial charge >= 0.3 is 0 Å². The number of oxazole rings is 1. The summed E-state index contributed by atoms with van der Waals surface area (Å²) in [4.78, 5) is 19.7. The normalized spacial score (nSPS) is 24.4. The molecule has 2 aromatic heterocycles. The largest absolute Gasteiger partial charge is 0.441 e. The molecule has 1 aliphatic heterocycles. The van der Waals surface area contributed by atoms with Crippen LogP contribution in [-0.4, -0.2) is 32.5 Å². The Bertz CT molecular complexity index is 1040. The van der Waals surface area contributed by atoms with Crippen molar-refractivity contribution in [1.29, 1.82) is 0 Å². The fourth-order valence-corrected chi connectivity index (χ4v) is 4.50. The number of nitrogens with zero attached hydrogens (tertiary/aromatic N) is 4. The van der Waals surface area contributed by atoms with E-state index >= 15 is 0 Å². The van der Waals surface area contributed by atoms with Gasteiger partial charge in [0.1, 0.15) is 11.1 Å². The number of aromatic nitrogens is 3. The molecule has 1 amide bonds. The lowest BCUT2D eigenvalue weighted by molar-refractivity contribution is -0.00371. The van der Waals surface area contributed by atoms with Crippen LogP contribution in [0.1, 0.15) is 67.1 Å². The summed E-state index contributed by atoms with van der Waals surface area (Å²) in [5.41, 5.74) is 1.56. The van der Waals surface area contributed by atoms with E-state index in [0.717, 1.165) is 19.3 Å². The van der Waals surface area contributed by atoms with E-state index in [9.17, 15) is 4.79 Å². The number of hydrogen-bond acceptors (Lipinski definition) is 6. The standard InChI is InChI=1S/C20H22N4O3/c1-11(2)17-22-23-19(27-17)20-8-6-14(20)7-9-24(20)18(25)13-4-5-16-15(10-13)21-12(3)26-16/h4-5,10-11,14H,6-9H2,1-3H3/t14-,20-/m0/s1. The van der Waals surface area contributed by atoms with E-state index in [0.29, 0.717) is 46.8 Å². The van der Waals surface area contributed by atoms with Crippen LogP contribution in [0.4, 0.5) is 0 Å². The maximum Gasteiger partial charge on any atom is 0.254 e. The second-order valence-electron chi connectivity index (χ2n) is 7.92. The van der Waals surface area contributed by atoms with Crippen LogP contribution in [0.3, 0.4) is 0 Å². The summed E-state index contributed by atoms with van der Waals surface area (Å²) < 4.78 is 11.5. The van der Waals surface area contributed by atoms with Crippen molar-refractivity contribution < 1.29 is 13.6 Å². The van der Waals surface area contributed by atoms with Crippen LogP contribution in [0, 0.1) is 12.8 Å². The van der Waals surface area contributed by atoms with Gasteiger partial charge in [-0.3, -0.25) is 4.79 Å². The maximum absolute atomic E-state index is 13.4. The molecule has 27 heavy (non-hydrogen) atoms. The molecule has 1 saturated carbocycles. The molecule has 3 aromatic rings. The van der Waals surface area contributed by atoms with Gasteiger partial charge in [-0.25, -0.2) is 4.98 Å². The Balaban J connectivity index is 1.53. The number of aryl methyl sites for hydroxylation is 1. The summed E-state index contributed by atoms with van der Waals surface area (Å²) in [6.07, 6.45) is 2.93. The fourth-order valence-electron chi connectivity index (χ4n) is 4.50. The molecule has 7 nitrogen and oxygen atoms in total. The lowest BCUT2D eigenvalue weighted by atomic mass is 9.67. The lowest BCUT2D eigenvalue weighted by Crippen LogP contribution is -2.54. The average Bonchev–Trinajstić information content (AvgIpc) is 3.29. The van der Waals surface area contributed by atoms with Gasteiger partial charge in [0.15, 0.2) is 11.5 Å². The van der Waals surface area contributed by atoms with Crippen molar-refractivity contribution in [2.45, 2.75) is 51.5 Å². The molecule has 2 atom stereocenters. The highest BCUT2D eigenvalue weighted by Crippen LogP contribution is 2.57. The van der Waals surface area contributed by atoms with Crippen molar-refractivity contribution in [3.63, 3.8) is 0 Å². The number of carbonyl (C=O) groups excluding carboxylic acids is 1. The summed E-state index contributed by atoms with van der Waals surface area (Å²) in [5.74, 6) is 2.36. The zero-order valence-corrected chi connectivity index (χ0v) is 15.7. The molecule has 5 rings (SSSR count). The average molecular weight is 366 g/mol. The van der Waals surface area contributed by atoms with Gasteiger partial charge in [-0.15, -0.1) is 10.2 Å². The van der Waals surface area contributed by atoms with Crippen LogP contribution < -0.4 is 0 Å². The smallest absolute Gasteiger partial charge is 0.254 e. The van der Waals surface area contributed by atoms with Crippen LogP contribution in [0.25, 0.3) is 11.1 Å². The van der Waals surface area contributed by atoms with Crippen LogP contribution in [0.5, 0.6) is 0 Å². The molecule has 0 N–H and O–H groups in total. The minimum atomic E-state index is -0.452. The molecular formula is C20H22N4O3. The van der Waals surface area contributed by atoms with Gasteiger partial charge < -0.3 is 13.7 Å². The second-order valence-corrected chi connectivity index (χ2v) is 7.92. The first-order chi connectivity index (χ1) is 13.0. The molecule has 0 radical (unpaired) electrons. The van der Waals surface area contributed by atoms with E-state index in [1.54, 1.807) is 13.0 Å². The molecule has 140 valence electrons. The highest BCUT2D eigenvalue weighted by molar-refractivity contribution is 5.97. The molecule has 0 bridgehead atoms. The molecular weight excluding hydrogens is 344 g/mol. The maximum atomic E-state index is 13.4. The number of fused-ring (bicyclic) bond motifs is 2. The number of amides is 1. The van der Waals surface area contributed by atoms with Crippen molar-refractivity contribution in [3.05, 3.63) is 41.4 Å². The molecule has 2 fully saturated rings. The van der Waals surface area contributed by atoms with Crippen LogP contribution in [0.15, 0.2) is 27.0 Å². The minimum Gasteiger partial charge on any atom is -0.441 e. The number of benzene rings is 1. The monoisotopic (exact) mass is 366 g/mol. The Morgan fingerprint density at radius 2 is 2.11 bits per heavy atom. The fraction of sp³-hybridized carbons (Fsp3) is 0.500. The predicted octanol–water partition coefficient (Wildman–Crippen LogP) is 3.79. The van der Waals surface area contributed by atoms with Gasteiger partial charge in [-0.1, -0.05) is 13.8 Å². The zero-order valence-electron chi connectivity index (χ0n) is 15.7.